The fourth-order valence-electron chi connectivity index (χ4n) is 1.95. The number of carbonyl (C=O) groups is 1. The molecule has 0 spiro atoms. The van der Waals surface area contributed by atoms with Gasteiger partial charge in [0.2, 0.25) is 0 Å². The highest BCUT2D eigenvalue weighted by molar-refractivity contribution is 5.83. The number of carboxylic acid groups (broad SMARTS) is 1. The molecule has 1 aromatic heterocycles. The number of carboxylic acids is 1. The van der Waals surface area contributed by atoms with Gasteiger partial charge in [0.1, 0.15) is 6.33 Å². The Morgan fingerprint density at radius 2 is 2.25 bits per heavy atom. The van der Waals surface area contributed by atoms with Gasteiger partial charge in [0, 0.05) is 12.3 Å². The minimum Gasteiger partial charge on any atom is -0.478 e. The Labute approximate surface area is 116 Å². The second-order valence-electron chi connectivity index (χ2n) is 4.70. The molecule has 0 amide bonds. The van der Waals surface area contributed by atoms with E-state index in [4.69, 9.17) is 5.11 Å². The molecular weight excluding hydrogens is 256 g/mol. The lowest BCUT2D eigenvalue weighted by Gasteiger charge is -2.09. The summed E-state index contributed by atoms with van der Waals surface area (Å²) in [6, 6.07) is 5.63. The van der Waals surface area contributed by atoms with Crippen molar-refractivity contribution < 1.29 is 9.90 Å². The maximum absolute atomic E-state index is 12.3. The molecule has 0 radical (unpaired) electrons. The summed E-state index contributed by atoms with van der Waals surface area (Å²) in [5, 5.41) is 9.11. The molecule has 0 aliphatic carbocycles. The Balaban J connectivity index is 2.58. The Hall–Kier alpha value is -2.43. The van der Waals surface area contributed by atoms with Gasteiger partial charge in [-0.2, -0.15) is 0 Å². The normalized spacial score (nSPS) is 12.9. The number of nitrogens with zero attached hydrogens (tertiary/aromatic N) is 2. The van der Waals surface area contributed by atoms with Crippen molar-refractivity contribution in [2.24, 2.45) is 0 Å². The molecule has 0 fully saturated rings. The third-order valence-electron chi connectivity index (χ3n) is 3.37. The number of benzene rings is 1. The summed E-state index contributed by atoms with van der Waals surface area (Å²) in [4.78, 5) is 27.0. The first kappa shape index (κ1) is 14.0. The van der Waals surface area contributed by atoms with Gasteiger partial charge in [-0.05, 0) is 30.0 Å². The van der Waals surface area contributed by atoms with E-state index in [0.717, 1.165) is 18.1 Å². The predicted molar refractivity (Wildman–Crippen MR) is 77.7 cm³/mol. The molecule has 0 aliphatic rings. The first-order valence-corrected chi connectivity index (χ1v) is 6.45. The van der Waals surface area contributed by atoms with E-state index in [2.05, 4.69) is 18.8 Å². The molecule has 1 N–H and O–H groups in total. The fourth-order valence-corrected chi connectivity index (χ4v) is 1.95. The molecular formula is C15H16N2O3. The van der Waals surface area contributed by atoms with E-state index in [1.165, 1.54) is 17.1 Å². The van der Waals surface area contributed by atoms with E-state index >= 15 is 0 Å². The molecule has 0 aliphatic heterocycles. The van der Waals surface area contributed by atoms with Crippen LogP contribution in [0.25, 0.3) is 17.1 Å². The summed E-state index contributed by atoms with van der Waals surface area (Å²) in [6.45, 7) is 4.19. The average molecular weight is 272 g/mol. The van der Waals surface area contributed by atoms with Crippen molar-refractivity contribution in [2.75, 3.05) is 0 Å². The van der Waals surface area contributed by atoms with Crippen molar-refractivity contribution in [3.05, 3.63) is 46.5 Å². The molecule has 5 nitrogen and oxygen atoms in total. The van der Waals surface area contributed by atoms with E-state index in [-0.39, 0.29) is 5.56 Å². The molecule has 2 rings (SSSR count). The van der Waals surface area contributed by atoms with Crippen molar-refractivity contribution in [1.29, 1.82) is 0 Å². The molecule has 0 bridgehead atoms. The first-order valence-electron chi connectivity index (χ1n) is 6.45. The summed E-state index contributed by atoms with van der Waals surface area (Å²) in [5.74, 6) is -0.743. The maximum Gasteiger partial charge on any atom is 0.329 e. The van der Waals surface area contributed by atoms with Crippen LogP contribution in [0.5, 0.6) is 0 Å². The minimum absolute atomic E-state index is 0.266. The van der Waals surface area contributed by atoms with Crippen molar-refractivity contribution in [2.45, 2.75) is 26.2 Å². The molecule has 2 aromatic rings. The van der Waals surface area contributed by atoms with E-state index in [1.54, 1.807) is 0 Å². The van der Waals surface area contributed by atoms with Gasteiger partial charge in [-0.25, -0.2) is 9.78 Å². The van der Waals surface area contributed by atoms with Crippen molar-refractivity contribution in [1.82, 2.24) is 9.55 Å². The van der Waals surface area contributed by atoms with Crippen LogP contribution in [0.1, 0.15) is 31.7 Å². The SMILES string of the molecule is CCC(C)c1ccc2ncn(C=CC(=O)O)c(=O)c2c1. The van der Waals surface area contributed by atoms with Gasteiger partial charge < -0.3 is 5.11 Å². The third kappa shape index (κ3) is 2.77. The molecule has 1 unspecified atom stereocenters. The standard InChI is InChI=1S/C15H16N2O3/c1-3-10(2)11-4-5-13-12(8-11)15(20)17(9-16-13)7-6-14(18)19/h4-10H,3H2,1-2H3,(H,18,19). The van der Waals surface area contributed by atoms with Crippen LogP contribution in [-0.4, -0.2) is 20.6 Å². The summed E-state index contributed by atoms with van der Waals surface area (Å²) in [5.41, 5.74) is 1.43. The van der Waals surface area contributed by atoms with Gasteiger partial charge in [0.05, 0.1) is 10.9 Å². The van der Waals surface area contributed by atoms with Crippen LogP contribution in [-0.2, 0) is 4.79 Å². The van der Waals surface area contributed by atoms with Crippen LogP contribution in [0.2, 0.25) is 0 Å². The summed E-state index contributed by atoms with van der Waals surface area (Å²) in [7, 11) is 0. The Morgan fingerprint density at radius 3 is 2.90 bits per heavy atom. The largest absolute Gasteiger partial charge is 0.478 e. The van der Waals surface area contributed by atoms with Crippen LogP contribution >= 0.6 is 0 Å². The first-order chi connectivity index (χ1) is 9.52. The van der Waals surface area contributed by atoms with Gasteiger partial charge in [-0.15, -0.1) is 0 Å². The zero-order valence-electron chi connectivity index (χ0n) is 11.4. The molecule has 1 atom stereocenters. The number of fused-ring (bicyclic) bond motifs is 1. The van der Waals surface area contributed by atoms with Gasteiger partial charge in [-0.1, -0.05) is 19.9 Å². The van der Waals surface area contributed by atoms with Crippen LogP contribution in [0.4, 0.5) is 0 Å². The third-order valence-corrected chi connectivity index (χ3v) is 3.37. The minimum atomic E-state index is -1.11. The molecule has 5 heteroatoms. The smallest absolute Gasteiger partial charge is 0.329 e. The average Bonchev–Trinajstić information content (AvgIpc) is 2.45. The van der Waals surface area contributed by atoms with Crippen LogP contribution in [0.3, 0.4) is 0 Å². The fraction of sp³-hybridized carbons (Fsp3) is 0.267. The van der Waals surface area contributed by atoms with Crippen LogP contribution < -0.4 is 5.56 Å². The number of aromatic nitrogens is 2. The summed E-state index contributed by atoms with van der Waals surface area (Å²) >= 11 is 0. The molecule has 20 heavy (non-hydrogen) atoms. The molecule has 0 saturated carbocycles. The molecule has 1 aromatic carbocycles. The summed E-state index contributed by atoms with van der Waals surface area (Å²) < 4.78 is 1.18. The van der Waals surface area contributed by atoms with Gasteiger partial charge >= 0.3 is 5.97 Å². The lowest BCUT2D eigenvalue weighted by Crippen LogP contribution is -2.16. The second-order valence-corrected chi connectivity index (χ2v) is 4.70. The van der Waals surface area contributed by atoms with Crippen LogP contribution in [0, 0.1) is 0 Å². The van der Waals surface area contributed by atoms with E-state index in [1.807, 2.05) is 18.2 Å². The number of aliphatic carboxylic acids is 1. The van der Waals surface area contributed by atoms with Crippen LogP contribution in [0.15, 0.2) is 35.4 Å². The highest BCUT2D eigenvalue weighted by atomic mass is 16.4. The van der Waals surface area contributed by atoms with Gasteiger partial charge in [-0.3, -0.25) is 9.36 Å². The highest BCUT2D eigenvalue weighted by Crippen LogP contribution is 2.21. The monoisotopic (exact) mass is 272 g/mol. The molecule has 1 heterocycles. The van der Waals surface area contributed by atoms with E-state index in [0.29, 0.717) is 16.8 Å². The zero-order valence-corrected chi connectivity index (χ0v) is 11.4. The zero-order chi connectivity index (χ0) is 14.7. The molecule has 0 saturated heterocycles. The Morgan fingerprint density at radius 1 is 1.50 bits per heavy atom. The van der Waals surface area contributed by atoms with Gasteiger partial charge in [0.15, 0.2) is 0 Å². The topological polar surface area (TPSA) is 72.2 Å². The Kier molecular flexibility index (Phi) is 3.98. The number of hydrogen-bond acceptors (Lipinski definition) is 3. The summed E-state index contributed by atoms with van der Waals surface area (Å²) in [6.07, 6.45) is 4.42. The predicted octanol–water partition coefficient (Wildman–Crippen LogP) is 2.47. The van der Waals surface area contributed by atoms with E-state index in [9.17, 15) is 9.59 Å². The van der Waals surface area contributed by atoms with Crippen molar-refractivity contribution in [3.8, 4) is 0 Å². The lowest BCUT2D eigenvalue weighted by molar-refractivity contribution is -0.131. The quantitative estimate of drug-likeness (QED) is 0.868. The van der Waals surface area contributed by atoms with Crippen molar-refractivity contribution >= 4 is 23.1 Å². The van der Waals surface area contributed by atoms with Gasteiger partial charge in [0.25, 0.3) is 5.56 Å². The lowest BCUT2D eigenvalue weighted by atomic mass is 9.97. The highest BCUT2D eigenvalue weighted by Gasteiger charge is 2.07. The molecule has 104 valence electrons. The Bertz CT molecular complexity index is 731. The van der Waals surface area contributed by atoms with E-state index < -0.39 is 5.97 Å². The second kappa shape index (κ2) is 5.69. The maximum atomic E-state index is 12.3. The van der Waals surface area contributed by atoms with Crippen molar-refractivity contribution in [3.63, 3.8) is 0 Å². The number of hydrogen-bond donors (Lipinski definition) is 1. The number of rotatable bonds is 4.